The lowest BCUT2D eigenvalue weighted by Crippen LogP contribution is -2.63. The zero-order valence-electron chi connectivity index (χ0n) is 73.8. The number of hydrogen-bond acceptors (Lipinski definition) is 21. The number of carboxylic acid groups (broad SMARTS) is 1. The zero-order chi connectivity index (χ0) is 94.6. The largest absolute Gasteiger partial charge is 0.481 e. The number of nitrogens with one attached hydrogen (secondary N) is 13. The molecule has 132 heavy (non-hydrogen) atoms. The van der Waals surface area contributed by atoms with Crippen LogP contribution in [0.3, 0.4) is 0 Å². The van der Waals surface area contributed by atoms with Crippen LogP contribution in [0.15, 0.2) is 134 Å². The SMILES string of the molecule is CC(=O)N[C@H]1CSCC(=O)N2Cc3cccc(c3)CN3Cc4cccc(c4)CN(Cc4cccc(c4)C2)C(=O)CSC[C@H](NC(=O)[C@@H]2CCC[C@@H](O)[C@H](NC1=O)C(=O)N2)C(=O)N[C@@H](Cc1c[nH]c2ccccc12)C(=O)N[C@@H](C(C)C)C(=O)N[C@@H](CC(=O)O)C(=O)NCC(=O)N[C@@H](Cc1c[nH]c2ccccc12)C(=O)N[C@@H](C(C)C)C(=O)N1CCC[C@H]1C(=O)N[C@H](C(N)=O)CSCC3=O. The number of carbonyl (C=O) groups is 17. The zero-order valence-corrected chi connectivity index (χ0v) is 76.2. The highest BCUT2D eigenvalue weighted by Gasteiger charge is 2.43. The van der Waals surface area contributed by atoms with Crippen LogP contribution >= 0.6 is 35.3 Å². The number of nitrogens with two attached hydrogens (primary N) is 1. The summed E-state index contributed by atoms with van der Waals surface area (Å²) in [5.74, 6) is -18.3. The van der Waals surface area contributed by atoms with E-state index in [9.17, 15) is 63.0 Å². The third-order valence-corrected chi connectivity index (χ3v) is 26.7. The van der Waals surface area contributed by atoms with Crippen molar-refractivity contribution in [1.82, 2.24) is 88.1 Å². The van der Waals surface area contributed by atoms with Crippen molar-refractivity contribution in [2.45, 2.75) is 198 Å². The molecule has 702 valence electrons. The lowest BCUT2D eigenvalue weighted by Gasteiger charge is -2.32. The van der Waals surface area contributed by atoms with Crippen LogP contribution in [0.5, 0.6) is 0 Å². The van der Waals surface area contributed by atoms with Gasteiger partial charge in [-0.1, -0.05) is 137 Å². The minimum Gasteiger partial charge on any atom is -0.481 e. The lowest BCUT2D eigenvalue weighted by molar-refractivity contribution is -0.143. The maximum atomic E-state index is 15.7. The molecule has 0 spiro atoms. The van der Waals surface area contributed by atoms with Crippen LogP contribution < -0.4 is 64.2 Å². The van der Waals surface area contributed by atoms with Gasteiger partial charge < -0.3 is 104 Å². The summed E-state index contributed by atoms with van der Waals surface area (Å²) in [6, 6.07) is 19.0. The van der Waals surface area contributed by atoms with Crippen molar-refractivity contribution >= 4 is 158 Å². The number of carbonyl (C=O) groups excluding carboxylic acids is 16. The van der Waals surface area contributed by atoms with E-state index < -0.39 is 204 Å². The molecule has 5 aliphatic rings. The Bertz CT molecular complexity index is 5490. The molecule has 0 aliphatic carbocycles. The highest BCUT2D eigenvalue weighted by Crippen LogP contribution is 2.28. The van der Waals surface area contributed by atoms with Crippen LogP contribution in [-0.2, 0) is 134 Å². The van der Waals surface area contributed by atoms with Crippen molar-refractivity contribution in [2.24, 2.45) is 17.6 Å². The van der Waals surface area contributed by atoms with Crippen LogP contribution in [0.25, 0.3) is 21.8 Å². The maximum absolute atomic E-state index is 15.7. The number of primary amides is 1. The number of aromatic amines is 2. The third kappa shape index (κ3) is 26.5. The molecule has 7 heterocycles. The van der Waals surface area contributed by atoms with E-state index in [1.807, 2.05) is 48.5 Å². The topological polar surface area (TPSA) is 534 Å². The van der Waals surface area contributed by atoms with Crippen LogP contribution in [0.2, 0.25) is 0 Å². The van der Waals surface area contributed by atoms with Gasteiger partial charge in [-0.15, -0.1) is 35.3 Å². The highest BCUT2D eigenvalue weighted by molar-refractivity contribution is 8.00. The molecule has 2 saturated heterocycles. The number of aliphatic hydroxyl groups is 1. The molecule has 5 aliphatic heterocycles. The van der Waals surface area contributed by atoms with Gasteiger partial charge in [-0.2, -0.15) is 0 Å². The molecule has 0 unspecified atom stereocenters. The Morgan fingerprint density at radius 1 is 0.470 bits per heavy atom. The molecule has 40 heteroatoms. The number of aliphatic carboxylic acids is 1. The molecule has 16 amide bonds. The summed E-state index contributed by atoms with van der Waals surface area (Å²) in [6.45, 7) is 6.55. The van der Waals surface area contributed by atoms with Crippen LogP contribution in [0.4, 0.5) is 0 Å². The van der Waals surface area contributed by atoms with Gasteiger partial charge in [-0.05, 0) is 101 Å². The van der Waals surface area contributed by atoms with Gasteiger partial charge in [0.25, 0.3) is 0 Å². The van der Waals surface area contributed by atoms with E-state index in [2.05, 4.69) is 68.5 Å². The first-order valence-corrected chi connectivity index (χ1v) is 47.3. The van der Waals surface area contributed by atoms with E-state index in [0.29, 0.717) is 72.7 Å². The summed E-state index contributed by atoms with van der Waals surface area (Å²) in [5, 5.41) is 52.1. The van der Waals surface area contributed by atoms with E-state index in [0.717, 1.165) is 35.3 Å². The standard InChI is InChI=1S/C92H112N18O19S3/c1-50(2)79-90(127)101-68(34-78(117)118)83(120)96-37-74(113)98-66(32-59-35-94-63-23-8-6-21-61(59)63)85(122)105-80(51(3)4)92(129)110-28-14-26-72(110)89(126)102-69(82(93)119)44-130-47-75(114)107-38-53-15-10-17-55(29-53)40-108-41-56-18-12-20-58(31-56)43-109(42-57-19-11-16-54(30-57)39-107)77(116)49-132-46-71(87(124)100-67(86(123)104-79)33-60-36-95-64-24-9-7-22-62(60)64)103-84(121)65-25-13-27-73(112)81(91(128)99-65)106-88(125)70(97-52(5)111)45-131-48-76(108)115/h6-12,15-24,29-31,35-36,50-51,65-73,79-81,94-95,112H,13-14,25-28,32-34,37-49H2,1-5H3,(H2,93,119)(H,96,120)(H,97,111)(H,98,113)(H,99,128)(H,100,124)(H,101,127)(H,102,126)(H,103,121)(H,104,123)(H,105,122)(H,106,125)(H,117,118)/t65-,66-,67-,68-,69-,70-,71-,72-,73+,79-,80-,81-/m0/s1. The van der Waals surface area contributed by atoms with Gasteiger partial charge in [0.05, 0.1) is 36.3 Å². The fraction of sp³-hybridized carbons (Fsp3) is 0.446. The van der Waals surface area contributed by atoms with Crippen molar-refractivity contribution < 1.29 is 91.7 Å². The minimum atomic E-state index is -1.95. The average Bonchev–Trinajstić information content (AvgIpc) is 1.65. The first kappa shape index (κ1) is 98.2. The van der Waals surface area contributed by atoms with Gasteiger partial charge in [0.1, 0.15) is 66.5 Å². The van der Waals surface area contributed by atoms with E-state index in [-0.39, 0.29) is 113 Å². The van der Waals surface area contributed by atoms with Crippen LogP contribution in [-0.4, -0.2) is 260 Å². The molecule has 37 nitrogen and oxygen atoms in total. The number of amides is 16. The number of aliphatic hydroxyl groups excluding tert-OH is 1. The Morgan fingerprint density at radius 3 is 1.44 bits per heavy atom. The van der Waals surface area contributed by atoms with Gasteiger partial charge in [-0.3, -0.25) is 81.5 Å². The molecule has 2 fully saturated rings. The number of nitrogens with zero attached hydrogens (tertiary/aromatic N) is 4. The molecule has 12 rings (SSSR count). The highest BCUT2D eigenvalue weighted by atomic mass is 32.2. The first-order valence-electron chi connectivity index (χ1n) is 43.9. The molecular weight excluding hydrogens is 1760 g/mol. The molecule has 0 saturated carbocycles. The number of fused-ring (bicyclic) bond motifs is 14. The number of carboxylic acids is 1. The van der Waals surface area contributed by atoms with Gasteiger partial charge in [-0.25, -0.2) is 0 Å². The van der Waals surface area contributed by atoms with Crippen molar-refractivity contribution in [3.05, 3.63) is 178 Å². The summed E-state index contributed by atoms with van der Waals surface area (Å²) in [4.78, 5) is 260. The van der Waals surface area contributed by atoms with E-state index in [1.54, 1.807) is 114 Å². The summed E-state index contributed by atoms with van der Waals surface area (Å²) < 4.78 is 0. The molecule has 7 aromatic rings. The Hall–Kier alpha value is -12.8. The second-order valence-corrected chi connectivity index (χ2v) is 37.5. The van der Waals surface area contributed by atoms with E-state index in [4.69, 9.17) is 5.73 Å². The molecule has 17 N–H and O–H groups in total. The fourth-order valence-electron chi connectivity index (χ4n) is 16.7. The molecular formula is C92H112N18O19S3. The number of thioether (sulfide) groups is 3. The van der Waals surface area contributed by atoms with Crippen molar-refractivity contribution in [1.29, 1.82) is 0 Å². The van der Waals surface area contributed by atoms with Gasteiger partial charge in [0, 0.05) is 117 Å². The first-order chi connectivity index (χ1) is 63.2. The molecule has 12 bridgehead atoms. The molecule has 12 atom stereocenters. The number of H-pyrrole nitrogens is 2. The van der Waals surface area contributed by atoms with Gasteiger partial charge in [0.2, 0.25) is 94.5 Å². The number of benzene rings is 5. The normalized spacial score (nSPS) is 24.6. The third-order valence-electron chi connectivity index (χ3n) is 23.6. The van der Waals surface area contributed by atoms with Crippen molar-refractivity contribution in [2.75, 3.05) is 47.6 Å². The molecule has 5 aromatic carbocycles. The summed E-state index contributed by atoms with van der Waals surface area (Å²) >= 11 is 2.92. The number of aromatic nitrogens is 2. The predicted molar refractivity (Wildman–Crippen MR) is 492 cm³/mol. The smallest absolute Gasteiger partial charge is 0.305 e. The predicted octanol–water partition coefficient (Wildman–Crippen LogP) is 1.05. The van der Waals surface area contributed by atoms with Crippen molar-refractivity contribution in [3.63, 3.8) is 0 Å². The second-order valence-electron chi connectivity index (χ2n) is 34.4. The number of hydrogen-bond donors (Lipinski definition) is 16. The van der Waals surface area contributed by atoms with E-state index >= 15 is 28.8 Å². The lowest BCUT2D eigenvalue weighted by atomic mass is 9.97. The number of para-hydroxylation sites is 2. The summed E-state index contributed by atoms with van der Waals surface area (Å²) in [6.07, 6.45) is 0.338. The van der Waals surface area contributed by atoms with Crippen LogP contribution in [0.1, 0.15) is 118 Å². The average molecular weight is 1870 g/mol. The van der Waals surface area contributed by atoms with Gasteiger partial charge >= 0.3 is 5.97 Å². The van der Waals surface area contributed by atoms with Crippen molar-refractivity contribution in [3.8, 4) is 0 Å². The monoisotopic (exact) mass is 1870 g/mol. The Kier molecular flexibility index (Phi) is 34.1. The quantitative estimate of drug-likeness (QED) is 0.0910. The van der Waals surface area contributed by atoms with Gasteiger partial charge in [0.15, 0.2) is 0 Å². The summed E-state index contributed by atoms with van der Waals surface area (Å²) in [7, 11) is 0. The Balaban J connectivity index is 0.934. The Labute approximate surface area is 774 Å². The maximum Gasteiger partial charge on any atom is 0.305 e. The summed E-state index contributed by atoms with van der Waals surface area (Å²) in [5.41, 5.74) is 12.1. The molecule has 2 aromatic heterocycles. The van der Waals surface area contributed by atoms with Crippen LogP contribution in [0, 0.1) is 11.8 Å². The molecule has 0 radical (unpaired) electrons. The minimum absolute atomic E-state index is 0.00140. The fourth-order valence-corrected chi connectivity index (χ4v) is 19.5. The Morgan fingerprint density at radius 2 is 0.939 bits per heavy atom. The number of rotatable bonds is 10. The second kappa shape index (κ2) is 45.8. The van der Waals surface area contributed by atoms with E-state index in [1.165, 1.54) is 25.7 Å².